The number of rotatable bonds is 2. The van der Waals surface area contributed by atoms with Crippen molar-refractivity contribution in [3.05, 3.63) is 108 Å². The second kappa shape index (κ2) is 7.41. The molecule has 1 aliphatic heterocycles. The van der Waals surface area contributed by atoms with Gasteiger partial charge in [-0.25, -0.2) is 0 Å². The van der Waals surface area contributed by atoms with E-state index < -0.39 is 11.9 Å². The average Bonchev–Trinajstić information content (AvgIpc) is 3.04. The summed E-state index contributed by atoms with van der Waals surface area (Å²) >= 11 is 18.5. The molecule has 1 unspecified atom stereocenters. The number of halogens is 3. The van der Waals surface area contributed by atoms with Gasteiger partial charge >= 0.3 is 0 Å². The molecule has 4 aromatic rings. The maximum absolute atomic E-state index is 13.5. The number of anilines is 1. The zero-order valence-corrected chi connectivity index (χ0v) is 18.4. The Morgan fingerprint density at radius 3 is 2.32 bits per heavy atom. The van der Waals surface area contributed by atoms with Crippen LogP contribution in [0.4, 0.5) is 5.69 Å². The van der Waals surface area contributed by atoms with Crippen LogP contribution < -0.4 is 10.3 Å². The molecule has 1 atom stereocenters. The minimum Gasteiger partial charge on any atom is -0.450 e. The van der Waals surface area contributed by atoms with E-state index >= 15 is 0 Å². The van der Waals surface area contributed by atoms with E-state index in [1.54, 1.807) is 41.3 Å². The number of carbonyl (C=O) groups excluding carboxylic acids is 1. The van der Waals surface area contributed by atoms with E-state index in [4.69, 9.17) is 39.2 Å². The fraction of sp³-hybridized carbons (Fsp3) is 0.0833. The van der Waals surface area contributed by atoms with Gasteiger partial charge in [-0.05, 0) is 55.0 Å². The van der Waals surface area contributed by atoms with E-state index in [0.29, 0.717) is 37.3 Å². The van der Waals surface area contributed by atoms with Crippen molar-refractivity contribution in [1.82, 2.24) is 0 Å². The average molecular weight is 471 g/mol. The van der Waals surface area contributed by atoms with Gasteiger partial charge in [-0.15, -0.1) is 0 Å². The summed E-state index contributed by atoms with van der Waals surface area (Å²) < 4.78 is 5.92. The van der Waals surface area contributed by atoms with Gasteiger partial charge in [0, 0.05) is 10.7 Å². The molecular formula is C24H14Cl3NO3. The monoisotopic (exact) mass is 469 g/mol. The van der Waals surface area contributed by atoms with E-state index in [9.17, 15) is 9.59 Å². The number of carbonyl (C=O) groups is 1. The molecule has 1 amide bonds. The molecule has 0 spiro atoms. The van der Waals surface area contributed by atoms with Gasteiger partial charge in [0.25, 0.3) is 5.91 Å². The molecule has 3 aromatic carbocycles. The van der Waals surface area contributed by atoms with Gasteiger partial charge in [-0.1, -0.05) is 58.6 Å². The number of fused-ring (bicyclic) bond motifs is 2. The highest BCUT2D eigenvalue weighted by Crippen LogP contribution is 2.42. The first-order valence-electron chi connectivity index (χ1n) is 9.46. The first-order chi connectivity index (χ1) is 14.8. The Hall–Kier alpha value is -2.79. The summed E-state index contributed by atoms with van der Waals surface area (Å²) in [6, 6.07) is 16.6. The second-order valence-electron chi connectivity index (χ2n) is 7.40. The summed E-state index contributed by atoms with van der Waals surface area (Å²) in [5, 5.41) is 1.44. The highest BCUT2D eigenvalue weighted by atomic mass is 35.5. The third-order valence-corrected chi connectivity index (χ3v) is 6.38. The van der Waals surface area contributed by atoms with Crippen LogP contribution in [0.5, 0.6) is 0 Å². The third-order valence-electron chi connectivity index (χ3n) is 5.40. The molecule has 0 fully saturated rings. The van der Waals surface area contributed by atoms with Crippen molar-refractivity contribution >= 4 is 57.4 Å². The van der Waals surface area contributed by atoms with Gasteiger partial charge in [-0.3, -0.25) is 14.5 Å². The lowest BCUT2D eigenvalue weighted by Gasteiger charge is -2.25. The number of amides is 1. The molecule has 7 heteroatoms. The van der Waals surface area contributed by atoms with Crippen LogP contribution in [0.2, 0.25) is 15.1 Å². The number of hydrogen-bond donors (Lipinski definition) is 0. The Morgan fingerprint density at radius 2 is 1.61 bits per heavy atom. The van der Waals surface area contributed by atoms with Crippen LogP contribution in [-0.2, 0) is 0 Å². The molecule has 0 bridgehead atoms. The van der Waals surface area contributed by atoms with Crippen molar-refractivity contribution in [1.29, 1.82) is 0 Å². The zero-order chi connectivity index (χ0) is 21.9. The molecule has 0 radical (unpaired) electrons. The summed E-state index contributed by atoms with van der Waals surface area (Å²) in [6.07, 6.45) is 0. The smallest absolute Gasteiger partial charge is 0.295 e. The van der Waals surface area contributed by atoms with Crippen LogP contribution in [0.15, 0.2) is 69.9 Å². The summed E-state index contributed by atoms with van der Waals surface area (Å²) in [6.45, 7) is 1.96. The zero-order valence-electron chi connectivity index (χ0n) is 16.2. The Bertz CT molecular complexity index is 1430. The van der Waals surface area contributed by atoms with Gasteiger partial charge in [0.1, 0.15) is 5.58 Å². The predicted octanol–water partition coefficient (Wildman–Crippen LogP) is 6.81. The summed E-state index contributed by atoms with van der Waals surface area (Å²) in [7, 11) is 0. The minimum atomic E-state index is -0.723. The van der Waals surface area contributed by atoms with Crippen molar-refractivity contribution in [2.45, 2.75) is 13.0 Å². The van der Waals surface area contributed by atoms with Crippen molar-refractivity contribution in [2.75, 3.05) is 4.90 Å². The third kappa shape index (κ3) is 3.23. The lowest BCUT2D eigenvalue weighted by Crippen LogP contribution is -2.29. The van der Waals surface area contributed by atoms with Crippen molar-refractivity contribution in [3.63, 3.8) is 0 Å². The fourth-order valence-corrected chi connectivity index (χ4v) is 4.39. The minimum absolute atomic E-state index is 0.0106. The van der Waals surface area contributed by atoms with Crippen molar-refractivity contribution in [3.8, 4) is 0 Å². The number of hydrogen-bond acceptors (Lipinski definition) is 3. The SMILES string of the molecule is Cc1ccc(N2C(=O)c3oc4ccc(Cl)cc4c(=O)c3C2c2ccc(Cl)c(Cl)c2)cc1. The highest BCUT2D eigenvalue weighted by molar-refractivity contribution is 6.42. The molecular weight excluding hydrogens is 457 g/mol. The first kappa shape index (κ1) is 20.1. The molecule has 0 aliphatic carbocycles. The molecule has 0 saturated carbocycles. The first-order valence-corrected chi connectivity index (χ1v) is 10.6. The van der Waals surface area contributed by atoms with Gasteiger partial charge in [0.2, 0.25) is 5.76 Å². The summed E-state index contributed by atoms with van der Waals surface area (Å²) in [5.74, 6) is -0.389. The predicted molar refractivity (Wildman–Crippen MR) is 124 cm³/mol. The molecule has 1 aromatic heterocycles. The lowest BCUT2D eigenvalue weighted by atomic mass is 9.98. The van der Waals surface area contributed by atoms with Crippen LogP contribution in [0.3, 0.4) is 0 Å². The normalized spacial score (nSPS) is 15.5. The van der Waals surface area contributed by atoms with E-state index in [0.717, 1.165) is 5.56 Å². The summed E-state index contributed by atoms with van der Waals surface area (Å²) in [5.41, 5.74) is 2.58. The van der Waals surface area contributed by atoms with Crippen molar-refractivity contribution in [2.24, 2.45) is 0 Å². The maximum Gasteiger partial charge on any atom is 0.295 e. The van der Waals surface area contributed by atoms with Crippen LogP contribution in [0.25, 0.3) is 11.0 Å². The standard InChI is InChI=1S/C24H14Cl3NO3/c1-12-2-6-15(7-3-12)28-21(13-4-8-17(26)18(27)10-13)20-22(29)16-11-14(25)5-9-19(16)31-23(20)24(28)30/h2-11,21H,1H3. The number of aryl methyl sites for hydroxylation is 1. The van der Waals surface area contributed by atoms with Gasteiger partial charge in [0.15, 0.2) is 5.43 Å². The van der Waals surface area contributed by atoms with E-state index in [-0.39, 0.29) is 16.8 Å². The van der Waals surface area contributed by atoms with Crippen LogP contribution in [0.1, 0.15) is 33.3 Å². The Balaban J connectivity index is 1.83. The Labute approximate surface area is 192 Å². The van der Waals surface area contributed by atoms with E-state index in [1.165, 1.54) is 0 Å². The summed E-state index contributed by atoms with van der Waals surface area (Å²) in [4.78, 5) is 28.6. The number of benzene rings is 3. The topological polar surface area (TPSA) is 50.5 Å². The number of nitrogens with zero attached hydrogens (tertiary/aromatic N) is 1. The van der Waals surface area contributed by atoms with Crippen LogP contribution >= 0.6 is 34.8 Å². The maximum atomic E-state index is 13.5. The highest BCUT2D eigenvalue weighted by Gasteiger charge is 2.43. The second-order valence-corrected chi connectivity index (χ2v) is 8.65. The quantitative estimate of drug-likeness (QED) is 0.323. The van der Waals surface area contributed by atoms with Gasteiger partial charge < -0.3 is 4.42 Å². The largest absolute Gasteiger partial charge is 0.450 e. The fourth-order valence-electron chi connectivity index (χ4n) is 3.91. The molecule has 0 N–H and O–H groups in total. The van der Waals surface area contributed by atoms with Gasteiger partial charge in [-0.2, -0.15) is 0 Å². The van der Waals surface area contributed by atoms with Crippen LogP contribution in [-0.4, -0.2) is 5.91 Å². The lowest BCUT2D eigenvalue weighted by molar-refractivity contribution is 0.0971. The Kier molecular flexibility index (Phi) is 4.82. The molecule has 2 heterocycles. The van der Waals surface area contributed by atoms with E-state index in [2.05, 4.69) is 0 Å². The molecule has 4 nitrogen and oxygen atoms in total. The van der Waals surface area contributed by atoms with Crippen molar-refractivity contribution < 1.29 is 9.21 Å². The van der Waals surface area contributed by atoms with Crippen LogP contribution in [0, 0.1) is 6.92 Å². The molecule has 5 rings (SSSR count). The van der Waals surface area contributed by atoms with Gasteiger partial charge in [0.05, 0.1) is 27.0 Å². The molecule has 1 aliphatic rings. The molecule has 31 heavy (non-hydrogen) atoms. The molecule has 154 valence electrons. The molecule has 0 saturated heterocycles. The Morgan fingerprint density at radius 1 is 0.871 bits per heavy atom. The van der Waals surface area contributed by atoms with E-state index in [1.807, 2.05) is 31.2 Å².